The van der Waals surface area contributed by atoms with Crippen molar-refractivity contribution in [2.45, 2.75) is 39.3 Å². The summed E-state index contributed by atoms with van der Waals surface area (Å²) in [4.78, 5) is 11.9. The molecule has 118 valence electrons. The molecule has 1 aromatic heterocycles. The van der Waals surface area contributed by atoms with E-state index >= 15 is 0 Å². The summed E-state index contributed by atoms with van der Waals surface area (Å²) in [7, 11) is 0. The van der Waals surface area contributed by atoms with Crippen molar-refractivity contribution < 1.29 is 9.90 Å². The summed E-state index contributed by atoms with van der Waals surface area (Å²) in [5, 5.41) is 16.8. The van der Waals surface area contributed by atoms with Gasteiger partial charge in [-0.1, -0.05) is 44.2 Å². The molecule has 0 bridgehead atoms. The fourth-order valence-electron chi connectivity index (χ4n) is 2.12. The Balaban J connectivity index is 1.98. The van der Waals surface area contributed by atoms with Crippen LogP contribution in [0.15, 0.2) is 42.6 Å². The Morgan fingerprint density at radius 3 is 2.55 bits per heavy atom. The van der Waals surface area contributed by atoms with E-state index in [1.165, 1.54) is 0 Å². The van der Waals surface area contributed by atoms with Gasteiger partial charge in [-0.15, -0.1) is 0 Å². The first-order valence-corrected chi connectivity index (χ1v) is 7.55. The molecule has 0 aliphatic carbocycles. The number of aliphatic hydroxyl groups is 1. The van der Waals surface area contributed by atoms with E-state index < -0.39 is 6.10 Å². The zero-order valence-corrected chi connectivity index (χ0v) is 13.2. The van der Waals surface area contributed by atoms with Crippen molar-refractivity contribution in [3.8, 4) is 0 Å². The van der Waals surface area contributed by atoms with Crippen molar-refractivity contribution in [3.05, 3.63) is 48.2 Å². The van der Waals surface area contributed by atoms with E-state index in [2.05, 4.69) is 17.3 Å². The molecule has 2 rings (SSSR count). The molecule has 1 aromatic carbocycles. The lowest BCUT2D eigenvalue weighted by atomic mass is 10.0. The normalized spacial score (nSPS) is 13.9. The van der Waals surface area contributed by atoms with E-state index in [9.17, 15) is 9.90 Å². The van der Waals surface area contributed by atoms with Gasteiger partial charge in [-0.3, -0.25) is 9.48 Å². The fourth-order valence-corrected chi connectivity index (χ4v) is 2.12. The molecule has 5 nitrogen and oxygen atoms in total. The van der Waals surface area contributed by atoms with E-state index in [1.54, 1.807) is 6.07 Å². The maximum absolute atomic E-state index is 11.9. The monoisotopic (exact) mass is 301 g/mol. The maximum atomic E-state index is 11.9. The summed E-state index contributed by atoms with van der Waals surface area (Å²) >= 11 is 0. The molecule has 5 heteroatoms. The number of rotatable bonds is 6. The van der Waals surface area contributed by atoms with Crippen LogP contribution in [-0.2, 0) is 4.79 Å². The first-order chi connectivity index (χ1) is 10.5. The van der Waals surface area contributed by atoms with Gasteiger partial charge in [0, 0.05) is 12.3 Å². The van der Waals surface area contributed by atoms with Gasteiger partial charge in [0.15, 0.2) is 5.82 Å². The van der Waals surface area contributed by atoms with Gasteiger partial charge in [-0.2, -0.15) is 5.10 Å². The van der Waals surface area contributed by atoms with Gasteiger partial charge >= 0.3 is 0 Å². The third-order valence-electron chi connectivity index (χ3n) is 3.72. The predicted octanol–water partition coefficient (Wildman–Crippen LogP) is 2.84. The number of benzene rings is 1. The second kappa shape index (κ2) is 7.22. The van der Waals surface area contributed by atoms with Crippen LogP contribution in [0.2, 0.25) is 0 Å². The first-order valence-electron chi connectivity index (χ1n) is 7.55. The minimum Gasteiger partial charge on any atom is -0.392 e. The highest BCUT2D eigenvalue weighted by atomic mass is 16.3. The zero-order valence-electron chi connectivity index (χ0n) is 13.2. The van der Waals surface area contributed by atoms with Crippen LogP contribution >= 0.6 is 0 Å². The maximum Gasteiger partial charge on any atom is 0.228 e. The highest BCUT2D eigenvalue weighted by Gasteiger charge is 2.16. The number of anilines is 1. The molecule has 0 radical (unpaired) electrons. The number of aliphatic hydroxyl groups excluding tert-OH is 1. The number of carbonyl (C=O) groups excluding carboxylic acids is 1. The number of nitrogens with one attached hydrogen (secondary N) is 1. The largest absolute Gasteiger partial charge is 0.392 e. The van der Waals surface area contributed by atoms with Crippen molar-refractivity contribution in [2.75, 3.05) is 5.32 Å². The predicted molar refractivity (Wildman–Crippen MR) is 86.6 cm³/mol. The van der Waals surface area contributed by atoms with Crippen molar-refractivity contribution in [3.63, 3.8) is 0 Å². The smallest absolute Gasteiger partial charge is 0.228 e. The van der Waals surface area contributed by atoms with Crippen LogP contribution in [0, 0.1) is 5.92 Å². The molecule has 0 saturated heterocycles. The highest BCUT2D eigenvalue weighted by Crippen LogP contribution is 2.18. The van der Waals surface area contributed by atoms with Crippen LogP contribution < -0.4 is 5.32 Å². The number of aromatic nitrogens is 2. The molecule has 2 aromatic rings. The third-order valence-corrected chi connectivity index (χ3v) is 3.72. The third kappa shape index (κ3) is 4.18. The first kappa shape index (κ1) is 16.2. The van der Waals surface area contributed by atoms with Gasteiger partial charge in [0.05, 0.1) is 18.6 Å². The lowest BCUT2D eigenvalue weighted by Crippen LogP contribution is -2.24. The summed E-state index contributed by atoms with van der Waals surface area (Å²) in [5.74, 6) is 0.337. The summed E-state index contributed by atoms with van der Waals surface area (Å²) in [5.41, 5.74) is 1.15. The van der Waals surface area contributed by atoms with Crippen LogP contribution in [-0.4, -0.2) is 26.9 Å². The number of carbonyl (C=O) groups is 1. The van der Waals surface area contributed by atoms with E-state index in [0.29, 0.717) is 5.82 Å². The Hall–Kier alpha value is -2.14. The van der Waals surface area contributed by atoms with Crippen molar-refractivity contribution >= 4 is 11.7 Å². The van der Waals surface area contributed by atoms with E-state index in [0.717, 1.165) is 5.56 Å². The number of hydrogen-bond donors (Lipinski definition) is 2. The van der Waals surface area contributed by atoms with Crippen molar-refractivity contribution in [2.24, 2.45) is 5.92 Å². The van der Waals surface area contributed by atoms with E-state index in [1.807, 2.05) is 55.1 Å². The molecular formula is C17H23N3O2. The lowest BCUT2D eigenvalue weighted by molar-refractivity contribution is -0.118. The molecular weight excluding hydrogens is 278 g/mol. The van der Waals surface area contributed by atoms with Gasteiger partial charge in [-0.05, 0) is 18.4 Å². The van der Waals surface area contributed by atoms with Gasteiger partial charge in [0.2, 0.25) is 5.91 Å². The molecule has 0 saturated carbocycles. The van der Waals surface area contributed by atoms with Crippen LogP contribution in [0.4, 0.5) is 5.82 Å². The Kier molecular flexibility index (Phi) is 5.33. The number of amides is 1. The minimum absolute atomic E-state index is 0.0569. The number of hydrogen-bond acceptors (Lipinski definition) is 3. The van der Waals surface area contributed by atoms with Crippen molar-refractivity contribution in [1.29, 1.82) is 0 Å². The Morgan fingerprint density at radius 2 is 1.91 bits per heavy atom. The molecule has 2 N–H and O–H groups in total. The molecule has 22 heavy (non-hydrogen) atoms. The van der Waals surface area contributed by atoms with Crippen LogP contribution in [0.25, 0.3) is 0 Å². The number of nitrogens with zero attached hydrogens (tertiary/aromatic N) is 2. The Labute approximate surface area is 131 Å². The molecule has 2 atom stereocenters. The van der Waals surface area contributed by atoms with Gasteiger partial charge in [-0.25, -0.2) is 0 Å². The average Bonchev–Trinajstić information content (AvgIpc) is 2.95. The molecule has 1 amide bonds. The van der Waals surface area contributed by atoms with Crippen LogP contribution in [0.3, 0.4) is 0 Å². The van der Waals surface area contributed by atoms with Gasteiger partial charge < -0.3 is 10.4 Å². The van der Waals surface area contributed by atoms with E-state index in [-0.39, 0.29) is 24.3 Å². The van der Waals surface area contributed by atoms with Crippen LogP contribution in [0.5, 0.6) is 0 Å². The van der Waals surface area contributed by atoms with E-state index in [4.69, 9.17) is 0 Å². The average molecular weight is 301 g/mol. The van der Waals surface area contributed by atoms with Crippen LogP contribution in [0.1, 0.15) is 38.8 Å². The standard InChI is InChI=1S/C17H23N3O2/c1-12(2)15(21)11-17(22)18-16-9-10-20(19-16)13(3)14-7-5-4-6-8-14/h4-10,12-13,15,21H,11H2,1-3H3,(H,18,19,22). The summed E-state index contributed by atoms with van der Waals surface area (Å²) < 4.78 is 1.81. The zero-order chi connectivity index (χ0) is 16.1. The minimum atomic E-state index is -0.634. The molecule has 0 fully saturated rings. The lowest BCUT2D eigenvalue weighted by Gasteiger charge is -2.14. The molecule has 0 aliphatic rings. The molecule has 1 heterocycles. The summed E-state index contributed by atoms with van der Waals surface area (Å²) in [6.45, 7) is 5.82. The van der Waals surface area contributed by atoms with Crippen molar-refractivity contribution in [1.82, 2.24) is 9.78 Å². The second-order valence-corrected chi connectivity index (χ2v) is 5.83. The second-order valence-electron chi connectivity index (χ2n) is 5.83. The van der Waals surface area contributed by atoms with Gasteiger partial charge in [0.25, 0.3) is 0 Å². The quantitative estimate of drug-likeness (QED) is 0.862. The summed E-state index contributed by atoms with van der Waals surface area (Å²) in [6.07, 6.45) is 1.29. The summed E-state index contributed by atoms with van der Waals surface area (Å²) in [6, 6.07) is 11.9. The molecule has 2 unspecified atom stereocenters. The Morgan fingerprint density at radius 1 is 1.23 bits per heavy atom. The molecule has 0 spiro atoms. The highest BCUT2D eigenvalue weighted by molar-refractivity contribution is 5.89. The Bertz CT molecular complexity index is 607. The van der Waals surface area contributed by atoms with Gasteiger partial charge in [0.1, 0.15) is 0 Å². The topological polar surface area (TPSA) is 67.2 Å². The SMILES string of the molecule is CC(C)C(O)CC(=O)Nc1ccn(C(C)c2ccccc2)n1. The fraction of sp³-hybridized carbons (Fsp3) is 0.412. The molecule has 0 aliphatic heterocycles.